The summed E-state index contributed by atoms with van der Waals surface area (Å²) in [7, 11) is -5.48. The van der Waals surface area contributed by atoms with Crippen LogP contribution >= 0.6 is 0 Å². The molecule has 0 aromatic heterocycles. The van der Waals surface area contributed by atoms with Gasteiger partial charge in [0, 0.05) is 19.8 Å². The molecule has 1 fully saturated rings. The Bertz CT molecular complexity index is 457. The third-order valence-electron chi connectivity index (χ3n) is 2.85. The van der Waals surface area contributed by atoms with Crippen LogP contribution in [-0.4, -0.2) is 65.1 Å². The number of aliphatic hydroxyl groups excluding tert-OH is 1. The quantitative estimate of drug-likeness (QED) is 0.591. The van der Waals surface area contributed by atoms with E-state index in [1.54, 1.807) is 0 Å². The van der Waals surface area contributed by atoms with E-state index in [2.05, 4.69) is 4.72 Å². The first-order valence-electron chi connectivity index (χ1n) is 5.62. The lowest BCUT2D eigenvalue weighted by atomic mass is 10.2. The molecule has 9 heteroatoms. The molecule has 0 saturated carbocycles. The van der Waals surface area contributed by atoms with Gasteiger partial charge >= 0.3 is 0 Å². The normalized spacial score (nSPS) is 25.1. The van der Waals surface area contributed by atoms with Crippen LogP contribution in [0.4, 0.5) is 0 Å². The number of sulfonamides is 1. The second-order valence-corrected chi connectivity index (χ2v) is 8.57. The molecule has 0 aromatic carbocycles. The van der Waals surface area contributed by atoms with Crippen LogP contribution in [-0.2, 0) is 24.6 Å². The maximum absolute atomic E-state index is 11.9. The van der Waals surface area contributed by atoms with E-state index < -0.39 is 31.2 Å². The van der Waals surface area contributed by atoms with Gasteiger partial charge in [0.1, 0.15) is 0 Å². The topological polar surface area (TPSA) is 110 Å². The highest BCUT2D eigenvalue weighted by Gasteiger charge is 2.37. The molecule has 2 atom stereocenters. The molecule has 1 heterocycles. The first kappa shape index (κ1) is 15.8. The van der Waals surface area contributed by atoms with Gasteiger partial charge in [-0.3, -0.25) is 0 Å². The minimum absolute atomic E-state index is 0.0968. The van der Waals surface area contributed by atoms with Gasteiger partial charge in [0.2, 0.25) is 10.0 Å². The van der Waals surface area contributed by atoms with Crippen molar-refractivity contribution in [2.24, 2.45) is 0 Å². The van der Waals surface area contributed by atoms with Crippen LogP contribution in [0, 0.1) is 0 Å². The molecule has 0 spiro atoms. The Hall–Kier alpha value is -0.220. The molecule has 0 aliphatic carbocycles. The molecular weight excluding hydrogens is 282 g/mol. The molecule has 108 valence electrons. The van der Waals surface area contributed by atoms with E-state index in [4.69, 9.17) is 9.84 Å². The first-order valence-corrected chi connectivity index (χ1v) is 8.99. The molecule has 1 aliphatic heterocycles. The number of hydrogen-bond donors (Lipinski definition) is 2. The molecular formula is C9H19NO6S2. The number of aliphatic hydroxyl groups is 1. The van der Waals surface area contributed by atoms with Gasteiger partial charge in [0.05, 0.1) is 23.4 Å². The Morgan fingerprint density at radius 2 is 2.17 bits per heavy atom. The number of nitrogens with one attached hydrogen (secondary N) is 1. The summed E-state index contributed by atoms with van der Waals surface area (Å²) in [4.78, 5) is 0. The summed E-state index contributed by atoms with van der Waals surface area (Å²) in [6, 6.07) is -0.641. The summed E-state index contributed by atoms with van der Waals surface area (Å²) in [5, 5.41) is 8.14. The SMILES string of the molecule is COCCC(CO)NS(=O)(=O)C1CCS(=O)(=O)C1. The Kier molecular flexibility index (Phi) is 5.53. The van der Waals surface area contributed by atoms with Gasteiger partial charge in [-0.1, -0.05) is 0 Å². The standard InChI is InChI=1S/C9H19NO6S2/c1-16-4-2-8(6-11)10-18(14,15)9-3-5-17(12,13)7-9/h8-11H,2-7H2,1H3. The zero-order chi connectivity index (χ0) is 13.8. The molecule has 0 amide bonds. The third kappa shape index (κ3) is 4.47. The molecule has 7 nitrogen and oxygen atoms in total. The van der Waals surface area contributed by atoms with E-state index in [1.807, 2.05) is 0 Å². The van der Waals surface area contributed by atoms with Crippen molar-refractivity contribution in [1.29, 1.82) is 0 Å². The average molecular weight is 301 g/mol. The molecule has 2 unspecified atom stereocenters. The fourth-order valence-corrected chi connectivity index (χ4v) is 6.09. The Labute approximate surface area is 107 Å². The van der Waals surface area contributed by atoms with Gasteiger partial charge in [-0.2, -0.15) is 0 Å². The summed E-state index contributed by atoms with van der Waals surface area (Å²) in [6.45, 7) is -0.0290. The van der Waals surface area contributed by atoms with E-state index in [0.717, 1.165) is 0 Å². The highest BCUT2D eigenvalue weighted by Crippen LogP contribution is 2.18. The average Bonchev–Trinajstić information content (AvgIpc) is 2.65. The lowest BCUT2D eigenvalue weighted by molar-refractivity contribution is 0.166. The Morgan fingerprint density at radius 1 is 1.50 bits per heavy atom. The molecule has 1 rings (SSSR count). The predicted octanol–water partition coefficient (Wildman–Crippen LogP) is -1.51. The molecule has 1 saturated heterocycles. The molecule has 0 aromatic rings. The molecule has 0 bridgehead atoms. The summed E-state index contributed by atoms with van der Waals surface area (Å²) < 4.78 is 53.5. The second kappa shape index (κ2) is 6.29. The van der Waals surface area contributed by atoms with Crippen molar-refractivity contribution in [2.75, 3.05) is 31.8 Å². The summed E-state index contributed by atoms with van der Waals surface area (Å²) >= 11 is 0. The fraction of sp³-hybridized carbons (Fsp3) is 1.00. The van der Waals surface area contributed by atoms with E-state index in [1.165, 1.54) is 7.11 Å². The number of rotatable bonds is 7. The highest BCUT2D eigenvalue weighted by molar-refractivity contribution is 7.95. The van der Waals surface area contributed by atoms with E-state index >= 15 is 0 Å². The van der Waals surface area contributed by atoms with Crippen LogP contribution in [0.15, 0.2) is 0 Å². The first-order chi connectivity index (χ1) is 8.30. The van der Waals surface area contributed by atoms with Gasteiger partial charge in [-0.25, -0.2) is 21.6 Å². The number of sulfone groups is 1. The Morgan fingerprint density at radius 3 is 2.61 bits per heavy atom. The van der Waals surface area contributed by atoms with Crippen molar-refractivity contribution in [3.63, 3.8) is 0 Å². The zero-order valence-electron chi connectivity index (χ0n) is 10.2. The molecule has 18 heavy (non-hydrogen) atoms. The lowest BCUT2D eigenvalue weighted by Crippen LogP contribution is -2.43. The minimum atomic E-state index is -3.72. The van der Waals surface area contributed by atoms with E-state index in [-0.39, 0.29) is 24.5 Å². The number of ether oxygens (including phenoxy) is 1. The van der Waals surface area contributed by atoms with Crippen molar-refractivity contribution >= 4 is 19.9 Å². The van der Waals surface area contributed by atoms with E-state index in [9.17, 15) is 16.8 Å². The van der Waals surface area contributed by atoms with Crippen molar-refractivity contribution < 1.29 is 26.7 Å². The van der Waals surface area contributed by atoms with Crippen LogP contribution in [0.1, 0.15) is 12.8 Å². The molecule has 0 radical (unpaired) electrons. The summed E-state index contributed by atoms with van der Waals surface area (Å²) in [5.74, 6) is -0.439. The van der Waals surface area contributed by atoms with Crippen LogP contribution in [0.3, 0.4) is 0 Å². The largest absolute Gasteiger partial charge is 0.395 e. The van der Waals surface area contributed by atoms with Gasteiger partial charge in [-0.05, 0) is 12.8 Å². The highest BCUT2D eigenvalue weighted by atomic mass is 32.2. The summed E-state index contributed by atoms with van der Waals surface area (Å²) in [6.07, 6.45) is 0.450. The van der Waals surface area contributed by atoms with Crippen molar-refractivity contribution in [1.82, 2.24) is 4.72 Å². The van der Waals surface area contributed by atoms with Crippen LogP contribution in [0.5, 0.6) is 0 Å². The maximum Gasteiger partial charge on any atom is 0.215 e. The minimum Gasteiger partial charge on any atom is -0.395 e. The van der Waals surface area contributed by atoms with Crippen LogP contribution in [0.2, 0.25) is 0 Å². The molecule has 1 aliphatic rings. The smallest absolute Gasteiger partial charge is 0.215 e. The van der Waals surface area contributed by atoms with Crippen molar-refractivity contribution in [3.05, 3.63) is 0 Å². The van der Waals surface area contributed by atoms with Gasteiger partial charge in [-0.15, -0.1) is 0 Å². The lowest BCUT2D eigenvalue weighted by Gasteiger charge is -2.18. The predicted molar refractivity (Wildman–Crippen MR) is 66.5 cm³/mol. The third-order valence-corrected chi connectivity index (χ3v) is 6.77. The molecule has 2 N–H and O–H groups in total. The Balaban J connectivity index is 2.64. The van der Waals surface area contributed by atoms with Crippen molar-refractivity contribution in [3.8, 4) is 0 Å². The van der Waals surface area contributed by atoms with Crippen LogP contribution < -0.4 is 4.72 Å². The van der Waals surface area contributed by atoms with Crippen LogP contribution in [0.25, 0.3) is 0 Å². The van der Waals surface area contributed by atoms with Gasteiger partial charge < -0.3 is 9.84 Å². The van der Waals surface area contributed by atoms with Crippen molar-refractivity contribution in [2.45, 2.75) is 24.1 Å². The number of methoxy groups -OCH3 is 1. The second-order valence-electron chi connectivity index (χ2n) is 4.35. The zero-order valence-corrected chi connectivity index (χ0v) is 11.8. The monoisotopic (exact) mass is 301 g/mol. The van der Waals surface area contributed by atoms with Gasteiger partial charge in [0.15, 0.2) is 9.84 Å². The van der Waals surface area contributed by atoms with Gasteiger partial charge in [0.25, 0.3) is 0 Å². The van der Waals surface area contributed by atoms with E-state index in [0.29, 0.717) is 13.0 Å². The number of hydrogen-bond acceptors (Lipinski definition) is 6. The maximum atomic E-state index is 11.9. The fourth-order valence-electron chi connectivity index (χ4n) is 1.78. The summed E-state index contributed by atoms with van der Waals surface area (Å²) in [5.41, 5.74) is 0.